The lowest BCUT2D eigenvalue weighted by molar-refractivity contribution is -0.137. The Balaban J connectivity index is 1.40. The molecule has 4 aromatic rings. The van der Waals surface area contributed by atoms with Crippen molar-refractivity contribution in [1.82, 2.24) is 19.6 Å². The summed E-state index contributed by atoms with van der Waals surface area (Å²) in [5.41, 5.74) is 8.32. The van der Waals surface area contributed by atoms with Crippen molar-refractivity contribution in [1.29, 1.82) is 0 Å². The van der Waals surface area contributed by atoms with E-state index in [0.29, 0.717) is 41.3 Å². The number of anilines is 3. The first kappa shape index (κ1) is 24.0. The summed E-state index contributed by atoms with van der Waals surface area (Å²) in [6.07, 6.45) is 0.115. The fourth-order valence-corrected chi connectivity index (χ4v) is 3.87. The summed E-state index contributed by atoms with van der Waals surface area (Å²) < 4.78 is 46.1. The molecule has 1 aliphatic heterocycles. The van der Waals surface area contributed by atoms with Gasteiger partial charge in [0.2, 0.25) is 5.90 Å². The second-order valence-corrected chi connectivity index (χ2v) is 8.13. The first-order chi connectivity index (χ1) is 17.7. The Labute approximate surface area is 208 Å². The number of hydrogen-bond acceptors (Lipinski definition) is 7. The molecule has 10 nitrogen and oxygen atoms in total. The predicted molar refractivity (Wildman–Crippen MR) is 131 cm³/mol. The van der Waals surface area contributed by atoms with Crippen LogP contribution in [0, 0.1) is 6.92 Å². The van der Waals surface area contributed by atoms with Crippen molar-refractivity contribution >= 4 is 34.8 Å². The molecule has 4 N–H and O–H groups in total. The zero-order chi connectivity index (χ0) is 26.2. The molecule has 0 aliphatic carbocycles. The van der Waals surface area contributed by atoms with Crippen molar-refractivity contribution in [2.24, 2.45) is 4.99 Å². The number of ether oxygens (including phenoxy) is 1. The van der Waals surface area contributed by atoms with E-state index in [2.05, 4.69) is 37.6 Å². The van der Waals surface area contributed by atoms with Crippen molar-refractivity contribution in [3.8, 4) is 11.1 Å². The van der Waals surface area contributed by atoms with Gasteiger partial charge >= 0.3 is 12.2 Å². The topological polar surface area (TPSA) is 132 Å². The van der Waals surface area contributed by atoms with E-state index in [4.69, 9.17) is 10.5 Å². The number of halogens is 3. The number of nitrogens with one attached hydrogen (secondary N) is 2. The fourth-order valence-electron chi connectivity index (χ4n) is 3.87. The van der Waals surface area contributed by atoms with Gasteiger partial charge in [-0.15, -0.1) is 0 Å². The Bertz CT molecular complexity index is 1500. The highest BCUT2D eigenvalue weighted by Crippen LogP contribution is 2.35. The predicted octanol–water partition coefficient (Wildman–Crippen LogP) is 4.41. The lowest BCUT2D eigenvalue weighted by Crippen LogP contribution is -2.20. The van der Waals surface area contributed by atoms with Crippen molar-refractivity contribution in [2.75, 3.05) is 23.0 Å². The Hall–Kier alpha value is -4.68. The molecule has 0 spiro atoms. The molecule has 3 aromatic heterocycles. The number of benzene rings is 1. The highest BCUT2D eigenvalue weighted by Gasteiger charge is 2.31. The van der Waals surface area contributed by atoms with Crippen LogP contribution in [0.25, 0.3) is 16.6 Å². The molecule has 189 valence electrons. The molecule has 4 heterocycles. The summed E-state index contributed by atoms with van der Waals surface area (Å²) in [4.78, 5) is 24.8. The van der Waals surface area contributed by atoms with E-state index in [1.807, 2.05) is 0 Å². The van der Waals surface area contributed by atoms with Crippen molar-refractivity contribution < 1.29 is 22.7 Å². The van der Waals surface area contributed by atoms with E-state index in [-0.39, 0.29) is 17.7 Å². The molecule has 0 fully saturated rings. The van der Waals surface area contributed by atoms with Gasteiger partial charge in [-0.3, -0.25) is 5.32 Å². The number of carbonyl (C=O) groups excluding carboxylic acids is 1. The molecule has 2 amide bonds. The van der Waals surface area contributed by atoms with Gasteiger partial charge in [0.25, 0.3) is 0 Å². The first-order valence-electron chi connectivity index (χ1n) is 11.1. The summed E-state index contributed by atoms with van der Waals surface area (Å²) >= 11 is 0. The molecule has 13 heteroatoms. The second-order valence-electron chi connectivity index (χ2n) is 8.13. The van der Waals surface area contributed by atoms with Crippen LogP contribution in [0.4, 0.5) is 35.3 Å². The lowest BCUT2D eigenvalue weighted by Gasteiger charge is -2.11. The van der Waals surface area contributed by atoms with Crippen LogP contribution in [-0.2, 0) is 10.9 Å². The number of aliphatic imine (C=N–C) groups is 1. The molecule has 1 atom stereocenters. The molecule has 1 unspecified atom stereocenters. The molecular weight excluding hydrogens is 489 g/mol. The quantitative estimate of drug-likeness (QED) is 0.365. The number of fused-ring (bicyclic) bond motifs is 1. The van der Waals surface area contributed by atoms with Crippen LogP contribution in [0.2, 0.25) is 0 Å². The third kappa shape index (κ3) is 4.87. The minimum atomic E-state index is -4.55. The van der Waals surface area contributed by atoms with Gasteiger partial charge < -0.3 is 15.8 Å². The Morgan fingerprint density at radius 1 is 1.19 bits per heavy atom. The third-order valence-corrected chi connectivity index (χ3v) is 5.64. The van der Waals surface area contributed by atoms with Crippen LogP contribution in [0.5, 0.6) is 0 Å². The van der Waals surface area contributed by atoms with Crippen LogP contribution < -0.4 is 16.4 Å². The normalized spacial score (nSPS) is 15.4. The maximum absolute atomic E-state index is 12.9. The highest BCUT2D eigenvalue weighted by atomic mass is 19.4. The van der Waals surface area contributed by atoms with Crippen LogP contribution in [0.3, 0.4) is 0 Å². The molecule has 0 saturated heterocycles. The van der Waals surface area contributed by atoms with Crippen LogP contribution in [-0.4, -0.2) is 44.2 Å². The van der Waals surface area contributed by atoms with Gasteiger partial charge in [-0.2, -0.15) is 18.3 Å². The van der Waals surface area contributed by atoms with Gasteiger partial charge in [-0.1, -0.05) is 19.1 Å². The number of amides is 2. The average Bonchev–Trinajstić information content (AvgIpc) is 3.49. The van der Waals surface area contributed by atoms with Crippen LogP contribution in [0.15, 0.2) is 60.1 Å². The third-order valence-electron chi connectivity index (χ3n) is 5.64. The number of nitrogens with zero attached hydrogens (tertiary/aromatic N) is 5. The van der Waals surface area contributed by atoms with Gasteiger partial charge in [0, 0.05) is 23.6 Å². The van der Waals surface area contributed by atoms with E-state index in [1.54, 1.807) is 35.0 Å². The van der Waals surface area contributed by atoms with Gasteiger partial charge in [-0.25, -0.2) is 24.3 Å². The number of nitrogen functional groups attached to an aromatic ring is 1. The van der Waals surface area contributed by atoms with Gasteiger partial charge in [0.15, 0.2) is 5.82 Å². The summed E-state index contributed by atoms with van der Waals surface area (Å²) in [5, 5.41) is 9.11. The number of aromatic nitrogens is 4. The number of hydrogen-bond donors (Lipinski definition) is 3. The molecular formula is C24H20F3N8O2. The summed E-state index contributed by atoms with van der Waals surface area (Å²) in [6.45, 7) is 4.30. The number of alkyl halides is 3. The molecule has 0 saturated carbocycles. The Morgan fingerprint density at radius 2 is 1.97 bits per heavy atom. The van der Waals surface area contributed by atoms with Gasteiger partial charge in [0.05, 0.1) is 17.2 Å². The summed E-state index contributed by atoms with van der Waals surface area (Å²) in [7, 11) is 0. The molecule has 0 bridgehead atoms. The number of carbonyl (C=O) groups is 1. The smallest absolute Gasteiger partial charge is 0.416 e. The zero-order valence-electron chi connectivity index (χ0n) is 19.2. The zero-order valence-corrected chi connectivity index (χ0v) is 19.2. The Kier molecular flexibility index (Phi) is 6.11. The molecule has 37 heavy (non-hydrogen) atoms. The van der Waals surface area contributed by atoms with E-state index < -0.39 is 17.8 Å². The standard InChI is InChI=1S/C24H20F3N8O2/c1-2-15-11-37-22(32-15)17-10-35-20(21(28)30-12-31-35)19(17)13-3-5-16(6-4-13)33-23(36)34-18-9-14(7-8-29-18)24(25,26)27/h3-10,12,15H,1-2,11H2,(H2,28,30,31)(H2,29,33,34,36). The monoisotopic (exact) mass is 509 g/mol. The van der Waals surface area contributed by atoms with Gasteiger partial charge in [-0.05, 0) is 36.2 Å². The maximum atomic E-state index is 12.9. The fraction of sp³-hybridized carbons (Fsp3) is 0.167. The van der Waals surface area contributed by atoms with Crippen molar-refractivity contribution in [3.63, 3.8) is 0 Å². The van der Waals surface area contributed by atoms with Crippen LogP contribution in [0.1, 0.15) is 17.5 Å². The minimum absolute atomic E-state index is 0.0503. The van der Waals surface area contributed by atoms with Crippen molar-refractivity contribution in [2.45, 2.75) is 18.6 Å². The van der Waals surface area contributed by atoms with E-state index in [9.17, 15) is 18.0 Å². The number of nitrogens with two attached hydrogens (primary N) is 1. The SMILES string of the molecule is [CH2]CC1COC(c2cn3ncnc(N)c3c2-c2ccc(NC(=O)Nc3cc(C(F)(F)F)ccn3)cc2)=N1. The Morgan fingerprint density at radius 3 is 2.68 bits per heavy atom. The number of pyridine rings is 1. The minimum Gasteiger partial charge on any atom is -0.475 e. The maximum Gasteiger partial charge on any atom is 0.416 e. The number of rotatable bonds is 5. The molecule has 1 aliphatic rings. The first-order valence-corrected chi connectivity index (χ1v) is 11.1. The van der Waals surface area contributed by atoms with Gasteiger partial charge in [0.1, 0.15) is 24.3 Å². The molecule has 5 rings (SSSR count). The summed E-state index contributed by atoms with van der Waals surface area (Å²) in [6, 6.07) is 7.54. The van der Waals surface area contributed by atoms with Crippen molar-refractivity contribution in [3.05, 3.63) is 73.2 Å². The lowest BCUT2D eigenvalue weighted by atomic mass is 10.0. The van der Waals surface area contributed by atoms with E-state index >= 15 is 0 Å². The largest absolute Gasteiger partial charge is 0.475 e. The summed E-state index contributed by atoms with van der Waals surface area (Å²) in [5.74, 6) is 0.477. The van der Waals surface area contributed by atoms with E-state index in [1.165, 1.54) is 6.33 Å². The average molecular weight is 509 g/mol. The number of urea groups is 1. The second kappa shape index (κ2) is 9.41. The molecule has 1 aromatic carbocycles. The molecule has 1 radical (unpaired) electrons. The van der Waals surface area contributed by atoms with Crippen LogP contribution >= 0.6 is 0 Å². The van der Waals surface area contributed by atoms with E-state index in [0.717, 1.165) is 23.9 Å². The highest BCUT2D eigenvalue weighted by molar-refractivity contribution is 6.07.